The van der Waals surface area contributed by atoms with Crippen molar-refractivity contribution in [3.8, 4) is 0 Å². The van der Waals surface area contributed by atoms with Gasteiger partial charge in [-0.1, -0.05) is 20.8 Å². The molecule has 4 nitrogen and oxygen atoms in total. The maximum absolute atomic E-state index is 10.7. The van der Waals surface area contributed by atoms with Crippen LogP contribution < -0.4 is 0 Å². The zero-order valence-corrected chi connectivity index (χ0v) is 11.1. The molecule has 4 heteroatoms. The lowest BCUT2D eigenvalue weighted by molar-refractivity contribution is -0.141. The smallest absolute Gasteiger partial charge is 0.307 e. The van der Waals surface area contributed by atoms with Crippen LogP contribution in [0.3, 0.4) is 0 Å². The van der Waals surface area contributed by atoms with Gasteiger partial charge in [0.25, 0.3) is 0 Å². The second kappa shape index (κ2) is 8.53. The van der Waals surface area contributed by atoms with Crippen molar-refractivity contribution in [1.29, 1.82) is 0 Å². The van der Waals surface area contributed by atoms with Gasteiger partial charge < -0.3 is 14.9 Å². The van der Waals surface area contributed by atoms with Gasteiger partial charge in [0.15, 0.2) is 0 Å². The standard InChI is InChI=1S/C12H26N2O2/c1-5-14(6-2)9-7-8-13(4)10-11(3)12(15)16/h11H,5-10H2,1-4H3,(H,15,16). The number of carboxylic acid groups (broad SMARTS) is 1. The molecule has 0 saturated carbocycles. The summed E-state index contributed by atoms with van der Waals surface area (Å²) in [7, 11) is 1.99. The van der Waals surface area contributed by atoms with Gasteiger partial charge in [-0.15, -0.1) is 0 Å². The molecule has 0 rings (SSSR count). The number of hydrogen-bond acceptors (Lipinski definition) is 3. The summed E-state index contributed by atoms with van der Waals surface area (Å²) >= 11 is 0. The van der Waals surface area contributed by atoms with Gasteiger partial charge in [0.2, 0.25) is 0 Å². The minimum Gasteiger partial charge on any atom is -0.481 e. The monoisotopic (exact) mass is 230 g/mol. The van der Waals surface area contributed by atoms with E-state index in [4.69, 9.17) is 5.11 Å². The third-order valence-corrected chi connectivity index (χ3v) is 2.92. The van der Waals surface area contributed by atoms with Crippen LogP contribution in [0.2, 0.25) is 0 Å². The van der Waals surface area contributed by atoms with Crippen LogP contribution in [-0.4, -0.2) is 60.6 Å². The average molecular weight is 230 g/mol. The molecule has 0 spiro atoms. The third-order valence-electron chi connectivity index (χ3n) is 2.92. The highest BCUT2D eigenvalue weighted by Crippen LogP contribution is 2.00. The molecule has 0 heterocycles. The van der Waals surface area contributed by atoms with Crippen LogP contribution in [0, 0.1) is 5.92 Å². The molecular formula is C12H26N2O2. The molecule has 0 aliphatic heterocycles. The molecule has 0 fully saturated rings. The Morgan fingerprint density at radius 2 is 1.81 bits per heavy atom. The molecule has 0 aliphatic carbocycles. The number of aliphatic carboxylic acids is 1. The maximum Gasteiger partial charge on any atom is 0.307 e. The first-order valence-electron chi connectivity index (χ1n) is 6.14. The summed E-state index contributed by atoms with van der Waals surface area (Å²) in [6.45, 7) is 11.0. The minimum atomic E-state index is -0.712. The van der Waals surface area contributed by atoms with E-state index < -0.39 is 5.97 Å². The number of hydrogen-bond donors (Lipinski definition) is 1. The van der Waals surface area contributed by atoms with Gasteiger partial charge in [0, 0.05) is 6.54 Å². The summed E-state index contributed by atoms with van der Waals surface area (Å²) in [5.74, 6) is -0.992. The fraction of sp³-hybridized carbons (Fsp3) is 0.917. The molecule has 0 amide bonds. The van der Waals surface area contributed by atoms with E-state index in [9.17, 15) is 4.79 Å². The van der Waals surface area contributed by atoms with E-state index in [0.29, 0.717) is 6.54 Å². The van der Waals surface area contributed by atoms with Crippen molar-refractivity contribution in [2.75, 3.05) is 39.8 Å². The summed E-state index contributed by atoms with van der Waals surface area (Å²) in [6.07, 6.45) is 1.10. The molecule has 0 aliphatic rings. The van der Waals surface area contributed by atoms with Crippen molar-refractivity contribution in [2.24, 2.45) is 5.92 Å². The largest absolute Gasteiger partial charge is 0.481 e. The van der Waals surface area contributed by atoms with Crippen molar-refractivity contribution in [2.45, 2.75) is 27.2 Å². The number of carboxylic acids is 1. The predicted octanol–water partition coefficient (Wildman–Crippen LogP) is 1.37. The van der Waals surface area contributed by atoms with Crippen molar-refractivity contribution in [1.82, 2.24) is 9.80 Å². The summed E-state index contributed by atoms with van der Waals surface area (Å²) in [4.78, 5) is 15.2. The molecule has 0 saturated heterocycles. The van der Waals surface area contributed by atoms with Crippen molar-refractivity contribution in [3.63, 3.8) is 0 Å². The summed E-state index contributed by atoms with van der Waals surface area (Å²) in [6, 6.07) is 0. The van der Waals surface area contributed by atoms with Crippen molar-refractivity contribution in [3.05, 3.63) is 0 Å². The Morgan fingerprint density at radius 1 is 1.25 bits per heavy atom. The Balaban J connectivity index is 3.65. The molecule has 16 heavy (non-hydrogen) atoms. The van der Waals surface area contributed by atoms with Crippen LogP contribution in [0.25, 0.3) is 0 Å². The Bertz CT molecular complexity index is 193. The van der Waals surface area contributed by atoms with Crippen molar-refractivity contribution >= 4 is 5.97 Å². The number of nitrogens with zero attached hydrogens (tertiary/aromatic N) is 2. The Kier molecular flexibility index (Phi) is 8.21. The van der Waals surface area contributed by atoms with Gasteiger partial charge in [-0.05, 0) is 39.6 Å². The molecule has 0 aromatic rings. The SMILES string of the molecule is CCN(CC)CCCN(C)CC(C)C(=O)O. The highest BCUT2D eigenvalue weighted by molar-refractivity contribution is 5.69. The second-order valence-corrected chi connectivity index (χ2v) is 4.38. The van der Waals surface area contributed by atoms with Crippen LogP contribution in [0.5, 0.6) is 0 Å². The third kappa shape index (κ3) is 6.80. The van der Waals surface area contributed by atoms with E-state index in [2.05, 4.69) is 23.6 Å². The highest BCUT2D eigenvalue weighted by Gasteiger charge is 2.13. The van der Waals surface area contributed by atoms with Gasteiger partial charge in [-0.3, -0.25) is 4.79 Å². The van der Waals surface area contributed by atoms with Crippen LogP contribution in [0.15, 0.2) is 0 Å². The van der Waals surface area contributed by atoms with Crippen LogP contribution in [-0.2, 0) is 4.79 Å². The highest BCUT2D eigenvalue weighted by atomic mass is 16.4. The molecule has 96 valence electrons. The predicted molar refractivity (Wildman–Crippen MR) is 66.7 cm³/mol. The molecule has 1 N–H and O–H groups in total. The van der Waals surface area contributed by atoms with Gasteiger partial charge >= 0.3 is 5.97 Å². The maximum atomic E-state index is 10.7. The van der Waals surface area contributed by atoms with E-state index in [-0.39, 0.29) is 5.92 Å². The first kappa shape index (κ1) is 15.4. The van der Waals surface area contributed by atoms with Gasteiger partial charge in [-0.2, -0.15) is 0 Å². The number of rotatable bonds is 9. The zero-order chi connectivity index (χ0) is 12.6. The fourth-order valence-corrected chi connectivity index (χ4v) is 1.74. The normalized spacial score (nSPS) is 13.4. The van der Waals surface area contributed by atoms with Gasteiger partial charge in [0.1, 0.15) is 0 Å². The molecule has 0 bridgehead atoms. The number of carbonyl (C=O) groups is 1. The lowest BCUT2D eigenvalue weighted by atomic mass is 10.2. The molecule has 1 atom stereocenters. The fourth-order valence-electron chi connectivity index (χ4n) is 1.74. The first-order chi connectivity index (χ1) is 7.51. The van der Waals surface area contributed by atoms with Gasteiger partial charge in [0.05, 0.1) is 5.92 Å². The van der Waals surface area contributed by atoms with E-state index in [1.807, 2.05) is 7.05 Å². The molecule has 0 aromatic carbocycles. The van der Waals surface area contributed by atoms with E-state index in [1.54, 1.807) is 6.92 Å². The van der Waals surface area contributed by atoms with E-state index >= 15 is 0 Å². The summed E-state index contributed by atoms with van der Waals surface area (Å²) in [5.41, 5.74) is 0. The summed E-state index contributed by atoms with van der Waals surface area (Å²) < 4.78 is 0. The van der Waals surface area contributed by atoms with Crippen molar-refractivity contribution < 1.29 is 9.90 Å². The molecule has 0 radical (unpaired) electrons. The van der Waals surface area contributed by atoms with Crippen LogP contribution in [0.1, 0.15) is 27.2 Å². The Morgan fingerprint density at radius 3 is 2.25 bits per heavy atom. The summed E-state index contributed by atoms with van der Waals surface area (Å²) in [5, 5.41) is 8.79. The Labute approximate surface area is 99.2 Å². The molecule has 0 aromatic heterocycles. The average Bonchev–Trinajstić information content (AvgIpc) is 2.24. The lowest BCUT2D eigenvalue weighted by Crippen LogP contribution is -2.32. The van der Waals surface area contributed by atoms with Crippen LogP contribution >= 0.6 is 0 Å². The van der Waals surface area contributed by atoms with Gasteiger partial charge in [-0.25, -0.2) is 0 Å². The van der Waals surface area contributed by atoms with E-state index in [0.717, 1.165) is 32.6 Å². The van der Waals surface area contributed by atoms with E-state index in [1.165, 1.54) is 0 Å². The topological polar surface area (TPSA) is 43.8 Å². The quantitative estimate of drug-likeness (QED) is 0.650. The first-order valence-corrected chi connectivity index (χ1v) is 6.14. The second-order valence-electron chi connectivity index (χ2n) is 4.38. The molecule has 1 unspecified atom stereocenters. The minimum absolute atomic E-state index is 0.279. The van der Waals surface area contributed by atoms with Crippen LogP contribution in [0.4, 0.5) is 0 Å². The molecular weight excluding hydrogens is 204 g/mol. The Hall–Kier alpha value is -0.610. The zero-order valence-electron chi connectivity index (χ0n) is 11.1. The lowest BCUT2D eigenvalue weighted by Gasteiger charge is -2.22.